The number of carbonyl (C=O) groups is 2. The van der Waals surface area contributed by atoms with Crippen LogP contribution in [0.4, 0.5) is 0 Å². The summed E-state index contributed by atoms with van der Waals surface area (Å²) in [4.78, 5) is 18.0. The van der Waals surface area contributed by atoms with Gasteiger partial charge in [-0.25, -0.2) is 0 Å². The van der Waals surface area contributed by atoms with Crippen molar-refractivity contribution in [1.82, 2.24) is 0 Å². The number of aliphatic hydroxyl groups excluding tert-OH is 2. The number of carboxylic acids is 2. The molecule has 0 rings (SSSR count). The number of aliphatic hydroxyl groups is 2. The van der Waals surface area contributed by atoms with Crippen molar-refractivity contribution >= 4 is 11.9 Å². The number of aliphatic carboxylic acids is 2. The van der Waals surface area contributed by atoms with Crippen LogP contribution in [0.2, 0.25) is 0 Å². The van der Waals surface area contributed by atoms with Crippen LogP contribution >= 0.6 is 0 Å². The van der Waals surface area contributed by atoms with Gasteiger partial charge < -0.3 is 30.0 Å². The van der Waals surface area contributed by atoms with Gasteiger partial charge in [-0.15, -0.1) is 0 Å². The second kappa shape index (κ2) is 16.7. The molecule has 0 spiro atoms. The molecule has 0 unspecified atom stereocenters. The predicted molar refractivity (Wildman–Crippen MR) is 24.9 cm³/mol. The third-order valence-corrected chi connectivity index (χ3v) is 0.258. The van der Waals surface area contributed by atoms with Crippen molar-refractivity contribution in [3.05, 3.63) is 0 Å². The van der Waals surface area contributed by atoms with E-state index in [1.54, 1.807) is 0 Å². The van der Waals surface area contributed by atoms with Crippen LogP contribution < -0.4 is 10.2 Å². The average molecular weight is 217 g/mol. The van der Waals surface area contributed by atoms with E-state index in [1.807, 2.05) is 0 Å². The molecule has 8 heteroatoms. The van der Waals surface area contributed by atoms with Gasteiger partial charge in [0.1, 0.15) is 0 Å². The summed E-state index contributed by atoms with van der Waals surface area (Å²) in [6.45, 7) is -1.78. The van der Waals surface area contributed by atoms with Gasteiger partial charge in [-0.1, -0.05) is 0 Å². The van der Waals surface area contributed by atoms with E-state index in [9.17, 15) is 0 Å². The van der Waals surface area contributed by atoms with Gasteiger partial charge in [-0.05, 0) is 0 Å². The third-order valence-electron chi connectivity index (χ3n) is 0.258. The Morgan fingerprint density at radius 2 is 1.08 bits per heavy atom. The summed E-state index contributed by atoms with van der Waals surface area (Å²) in [6, 6.07) is 0. The summed E-state index contributed by atoms with van der Waals surface area (Å²) in [7, 11) is 0. The third kappa shape index (κ3) is 59.7. The molecule has 0 aromatic heterocycles. The minimum atomic E-state index is -1.44. The zero-order valence-corrected chi connectivity index (χ0v) is 7.19. The predicted octanol–water partition coefficient (Wildman–Crippen LogP) is -4.66. The molecule has 0 atom stereocenters. The van der Waals surface area contributed by atoms with Crippen LogP contribution in [0.25, 0.3) is 0 Å². The Kier molecular flexibility index (Phi) is 24.1. The van der Waals surface area contributed by atoms with Crippen LogP contribution in [0.1, 0.15) is 0 Å². The molecule has 0 aromatic carbocycles. The van der Waals surface area contributed by atoms with Gasteiger partial charge in [0.05, 0.1) is 25.2 Å². The van der Waals surface area contributed by atoms with Gasteiger partial charge in [0.25, 0.3) is 0 Å². The summed E-state index contributed by atoms with van der Waals surface area (Å²) in [6.07, 6.45) is 0. The fourth-order valence-electron chi connectivity index (χ4n) is 0. The van der Waals surface area contributed by atoms with Crippen LogP contribution in [0.3, 0.4) is 0 Å². The summed E-state index contributed by atoms with van der Waals surface area (Å²) < 4.78 is 8.19. The monoisotopic (exact) mass is 217 g/mol. The molecule has 0 aliphatic heterocycles. The van der Waals surface area contributed by atoms with E-state index in [0.717, 1.165) is 17.4 Å². The molecule has 0 aliphatic rings. The van der Waals surface area contributed by atoms with Crippen LogP contribution in [0.5, 0.6) is 0 Å². The normalized spacial score (nSPS) is 6.67. The molecule has 12 heavy (non-hydrogen) atoms. The Balaban J connectivity index is -0.000000112. The Hall–Kier alpha value is -0.756. The fraction of sp³-hybridized carbons (Fsp3) is 0.500. The van der Waals surface area contributed by atoms with E-state index in [0.29, 0.717) is 0 Å². The topological polar surface area (TPSA) is 138 Å². The number of rotatable bonds is 2. The first-order valence-corrected chi connectivity index (χ1v) is 2.91. The first-order chi connectivity index (χ1) is 5.54. The molecular weight excluding hydrogens is 211 g/mol. The maximum atomic E-state index is 9.01. The molecule has 0 bridgehead atoms. The second-order valence-electron chi connectivity index (χ2n) is 1.06. The van der Waals surface area contributed by atoms with Crippen molar-refractivity contribution in [3.8, 4) is 0 Å². The SMILES string of the molecule is O=C([O-])CO.O=C([O-])CO.[O]=[V+2]. The molecule has 7 nitrogen and oxygen atoms in total. The average Bonchev–Trinajstić information content (AvgIpc) is 2.09. The molecule has 0 saturated heterocycles. The van der Waals surface area contributed by atoms with E-state index < -0.39 is 25.2 Å². The molecule has 0 aliphatic carbocycles. The van der Waals surface area contributed by atoms with Crippen LogP contribution in [0, 0.1) is 0 Å². The second-order valence-corrected chi connectivity index (χ2v) is 1.06. The molecule has 0 aromatic rings. The number of carbonyl (C=O) groups excluding carboxylic acids is 2. The summed E-state index contributed by atoms with van der Waals surface area (Å²) in [5, 5.41) is 33.0. The Labute approximate surface area is 76.8 Å². The van der Waals surface area contributed by atoms with Crippen molar-refractivity contribution in [2.24, 2.45) is 0 Å². The minimum absolute atomic E-state index is 0.889. The van der Waals surface area contributed by atoms with Crippen molar-refractivity contribution in [2.75, 3.05) is 13.2 Å². The zero-order valence-electron chi connectivity index (χ0n) is 5.80. The standard InChI is InChI=1S/2C2H4O3.O.V/c2*3-1-2(4)5;;/h2*3H,1H2,(H,4,5);;/q;;;+2/p-2. The first-order valence-electron chi connectivity index (χ1n) is 2.34. The molecule has 0 amide bonds. The summed E-state index contributed by atoms with van der Waals surface area (Å²) in [5.41, 5.74) is 0. The van der Waals surface area contributed by atoms with Gasteiger partial charge in [-0.3, -0.25) is 0 Å². The van der Waals surface area contributed by atoms with Crippen molar-refractivity contribution < 1.29 is 51.1 Å². The van der Waals surface area contributed by atoms with Gasteiger partial charge in [0.15, 0.2) is 0 Å². The van der Waals surface area contributed by atoms with Crippen LogP contribution in [0.15, 0.2) is 0 Å². The summed E-state index contributed by atoms with van der Waals surface area (Å²) in [5.74, 6) is -2.88. The van der Waals surface area contributed by atoms with Gasteiger partial charge >= 0.3 is 21.0 Å². The zero-order chi connectivity index (χ0) is 10.6. The fourth-order valence-corrected chi connectivity index (χ4v) is 0. The molecule has 0 fully saturated rings. The number of hydrogen-bond acceptors (Lipinski definition) is 7. The van der Waals surface area contributed by atoms with Crippen molar-refractivity contribution in [2.45, 2.75) is 0 Å². The Bertz CT molecular complexity index is 111. The van der Waals surface area contributed by atoms with E-state index in [-0.39, 0.29) is 0 Å². The van der Waals surface area contributed by atoms with E-state index >= 15 is 0 Å². The molecule has 0 radical (unpaired) electrons. The Morgan fingerprint density at radius 1 is 1.00 bits per heavy atom. The Morgan fingerprint density at radius 3 is 1.08 bits per heavy atom. The molecule has 0 heterocycles. The van der Waals surface area contributed by atoms with Gasteiger partial charge in [-0.2, -0.15) is 0 Å². The number of carboxylic acid groups (broad SMARTS) is 2. The first kappa shape index (κ1) is 17.4. The number of hydrogen-bond donors (Lipinski definition) is 2. The molecule has 69 valence electrons. The van der Waals surface area contributed by atoms with Crippen LogP contribution in [-0.4, -0.2) is 35.4 Å². The van der Waals surface area contributed by atoms with Crippen LogP contribution in [-0.2, 0) is 30.6 Å². The maximum absolute atomic E-state index is 9.01. The quantitative estimate of drug-likeness (QED) is 0.474. The van der Waals surface area contributed by atoms with Gasteiger partial charge in [0, 0.05) is 0 Å². The van der Waals surface area contributed by atoms with Crippen molar-refractivity contribution in [1.29, 1.82) is 0 Å². The molecular formula is C4H6O7V. The van der Waals surface area contributed by atoms with E-state index in [4.69, 9.17) is 33.7 Å². The van der Waals surface area contributed by atoms with E-state index in [2.05, 4.69) is 0 Å². The molecule has 2 N–H and O–H groups in total. The van der Waals surface area contributed by atoms with Crippen molar-refractivity contribution in [3.63, 3.8) is 0 Å². The van der Waals surface area contributed by atoms with E-state index in [1.165, 1.54) is 0 Å². The van der Waals surface area contributed by atoms with Gasteiger partial charge in [0.2, 0.25) is 0 Å². The molecule has 0 saturated carbocycles. The summed E-state index contributed by atoms with van der Waals surface area (Å²) >= 11 is 1.06.